The number of nitrogens with one attached hydrogen (secondary N) is 1. The molecule has 3 aromatic carbocycles. The van der Waals surface area contributed by atoms with Gasteiger partial charge in [-0.25, -0.2) is 18.2 Å². The molecule has 4 aromatic rings. The van der Waals surface area contributed by atoms with Gasteiger partial charge in [-0.2, -0.15) is 0 Å². The van der Waals surface area contributed by atoms with E-state index in [-0.39, 0.29) is 17.0 Å². The van der Waals surface area contributed by atoms with E-state index >= 15 is 4.39 Å². The van der Waals surface area contributed by atoms with E-state index < -0.39 is 17.4 Å². The van der Waals surface area contributed by atoms with E-state index in [0.717, 1.165) is 28.3 Å². The summed E-state index contributed by atoms with van der Waals surface area (Å²) in [5.74, 6) is -2.50. The lowest BCUT2D eigenvalue weighted by atomic mass is 9.83. The number of fused-ring (bicyclic) bond motifs is 1. The van der Waals surface area contributed by atoms with Crippen LogP contribution in [-0.4, -0.2) is 22.2 Å². The van der Waals surface area contributed by atoms with E-state index in [0.29, 0.717) is 37.5 Å². The number of alkyl halides is 1. The van der Waals surface area contributed by atoms with Crippen LogP contribution in [0.15, 0.2) is 72.8 Å². The van der Waals surface area contributed by atoms with Gasteiger partial charge in [-0.3, -0.25) is 4.90 Å². The summed E-state index contributed by atoms with van der Waals surface area (Å²) in [6.45, 7) is 9.64. The number of nitrogens with zero attached hydrogens (tertiary/aromatic N) is 2. The summed E-state index contributed by atoms with van der Waals surface area (Å²) in [6, 6.07) is 21.4. The van der Waals surface area contributed by atoms with E-state index in [2.05, 4.69) is 38.2 Å². The Bertz CT molecular complexity index is 1430. The van der Waals surface area contributed by atoms with Crippen LogP contribution in [0.1, 0.15) is 67.4 Å². The first-order chi connectivity index (χ1) is 19.0. The molecule has 5 rings (SSSR count). The third kappa shape index (κ3) is 6.32. The maximum Gasteiger partial charge on any atom is 0.163 e. The van der Waals surface area contributed by atoms with Crippen LogP contribution < -0.4 is 5.32 Å². The van der Waals surface area contributed by atoms with Gasteiger partial charge < -0.3 is 5.32 Å². The zero-order chi connectivity index (χ0) is 28.5. The minimum Gasteiger partial charge on any atom is -0.308 e. The van der Waals surface area contributed by atoms with Crippen LogP contribution in [-0.2, 0) is 19.5 Å². The van der Waals surface area contributed by atoms with Gasteiger partial charge in [0.25, 0.3) is 0 Å². The molecule has 1 unspecified atom stereocenters. The van der Waals surface area contributed by atoms with Crippen molar-refractivity contribution in [1.82, 2.24) is 15.2 Å². The first-order valence-electron chi connectivity index (χ1n) is 13.7. The highest BCUT2D eigenvalue weighted by Crippen LogP contribution is 2.41. The smallest absolute Gasteiger partial charge is 0.163 e. The number of thiazole rings is 1. The maximum atomic E-state index is 16.0. The molecule has 3 nitrogen and oxygen atoms in total. The van der Waals surface area contributed by atoms with Crippen LogP contribution in [0.4, 0.5) is 13.2 Å². The minimum atomic E-state index is -1.49. The Morgan fingerprint density at radius 3 is 2.23 bits per heavy atom. The zero-order valence-corrected chi connectivity index (χ0v) is 24.3. The molecule has 0 aliphatic carbocycles. The topological polar surface area (TPSA) is 28.2 Å². The molecule has 0 spiro atoms. The third-order valence-corrected chi connectivity index (χ3v) is 8.77. The highest BCUT2D eigenvalue weighted by molar-refractivity contribution is 7.15. The molecule has 0 amide bonds. The van der Waals surface area contributed by atoms with Crippen molar-refractivity contribution in [2.75, 3.05) is 6.54 Å². The molecule has 7 heteroatoms. The molecular formula is C33H36F3N3S. The quantitative estimate of drug-likeness (QED) is 0.207. The molecule has 210 valence electrons. The first kappa shape index (κ1) is 28.5. The van der Waals surface area contributed by atoms with Crippen molar-refractivity contribution in [3.8, 4) is 10.6 Å². The molecule has 0 saturated carbocycles. The van der Waals surface area contributed by atoms with E-state index in [4.69, 9.17) is 4.98 Å². The summed E-state index contributed by atoms with van der Waals surface area (Å²) in [5, 5.41) is 4.05. The lowest BCUT2D eigenvalue weighted by Crippen LogP contribution is -2.43. The van der Waals surface area contributed by atoms with Gasteiger partial charge in [-0.1, -0.05) is 75.4 Å². The van der Waals surface area contributed by atoms with Gasteiger partial charge in [-0.15, -0.1) is 11.3 Å². The van der Waals surface area contributed by atoms with Gasteiger partial charge in [0.05, 0.1) is 11.7 Å². The SMILES string of the molecule is CC(C)(C)C(NCC[C@](C)(F)N1Cc2ccccc2C1)c1nc(-c2cc(F)ccc2F)sc1Cc1ccccc1. The summed E-state index contributed by atoms with van der Waals surface area (Å²) in [7, 11) is 0. The molecule has 0 fully saturated rings. The number of halogens is 3. The average molecular weight is 564 g/mol. The van der Waals surface area contributed by atoms with Gasteiger partial charge in [-0.05, 0) is 47.2 Å². The fourth-order valence-electron chi connectivity index (χ4n) is 5.35. The largest absolute Gasteiger partial charge is 0.308 e. The Morgan fingerprint density at radius 1 is 0.925 bits per heavy atom. The molecule has 40 heavy (non-hydrogen) atoms. The molecule has 2 heterocycles. The monoisotopic (exact) mass is 563 g/mol. The van der Waals surface area contributed by atoms with Crippen molar-refractivity contribution in [3.05, 3.63) is 112 Å². The van der Waals surface area contributed by atoms with Crippen molar-refractivity contribution in [2.24, 2.45) is 5.41 Å². The predicted molar refractivity (Wildman–Crippen MR) is 157 cm³/mol. The van der Waals surface area contributed by atoms with E-state index in [1.165, 1.54) is 28.5 Å². The highest BCUT2D eigenvalue weighted by atomic mass is 32.1. The summed E-state index contributed by atoms with van der Waals surface area (Å²) in [4.78, 5) is 7.78. The zero-order valence-electron chi connectivity index (χ0n) is 23.5. The molecular weight excluding hydrogens is 527 g/mol. The van der Waals surface area contributed by atoms with Crippen molar-refractivity contribution in [3.63, 3.8) is 0 Å². The average Bonchev–Trinajstić information content (AvgIpc) is 3.53. The Balaban J connectivity index is 1.41. The molecule has 1 aliphatic rings. The number of hydrogen-bond acceptors (Lipinski definition) is 4. The van der Waals surface area contributed by atoms with E-state index in [1.807, 2.05) is 47.4 Å². The molecule has 0 radical (unpaired) electrons. The van der Waals surface area contributed by atoms with Crippen LogP contribution in [0, 0.1) is 17.0 Å². The van der Waals surface area contributed by atoms with E-state index in [1.54, 1.807) is 6.92 Å². The molecule has 1 N–H and O–H groups in total. The number of benzene rings is 3. The summed E-state index contributed by atoms with van der Waals surface area (Å²) >= 11 is 1.39. The van der Waals surface area contributed by atoms with Gasteiger partial charge in [0, 0.05) is 42.9 Å². The summed E-state index contributed by atoms with van der Waals surface area (Å²) < 4.78 is 44.8. The van der Waals surface area contributed by atoms with Gasteiger partial charge in [0.15, 0.2) is 5.79 Å². The van der Waals surface area contributed by atoms with Crippen LogP contribution in [0.2, 0.25) is 0 Å². The van der Waals surface area contributed by atoms with Crippen LogP contribution in [0.5, 0.6) is 0 Å². The predicted octanol–water partition coefficient (Wildman–Crippen LogP) is 8.45. The number of hydrogen-bond donors (Lipinski definition) is 1. The van der Waals surface area contributed by atoms with Crippen LogP contribution in [0.3, 0.4) is 0 Å². The second-order valence-electron chi connectivity index (χ2n) is 11.9. The number of aromatic nitrogens is 1. The molecule has 2 atom stereocenters. The van der Waals surface area contributed by atoms with Gasteiger partial charge in [0.2, 0.25) is 0 Å². The summed E-state index contributed by atoms with van der Waals surface area (Å²) in [6.07, 6.45) is 0.920. The second kappa shape index (κ2) is 11.5. The van der Waals surface area contributed by atoms with Crippen molar-refractivity contribution in [2.45, 2.75) is 65.5 Å². The maximum absolute atomic E-state index is 16.0. The van der Waals surface area contributed by atoms with Crippen molar-refractivity contribution < 1.29 is 13.2 Å². The fourth-order valence-corrected chi connectivity index (χ4v) is 6.50. The molecule has 1 aliphatic heterocycles. The normalized spacial score (nSPS) is 16.1. The lowest BCUT2D eigenvalue weighted by Gasteiger charge is -2.34. The van der Waals surface area contributed by atoms with Gasteiger partial charge in [0.1, 0.15) is 16.6 Å². The minimum absolute atomic E-state index is 0.156. The third-order valence-electron chi connectivity index (χ3n) is 7.66. The molecule has 0 saturated heterocycles. The Morgan fingerprint density at radius 2 is 1.57 bits per heavy atom. The van der Waals surface area contributed by atoms with Crippen molar-refractivity contribution >= 4 is 11.3 Å². The van der Waals surface area contributed by atoms with Gasteiger partial charge >= 0.3 is 0 Å². The molecule has 0 bridgehead atoms. The fraction of sp³-hybridized carbons (Fsp3) is 0.364. The Hall–Kier alpha value is -3.00. The first-order valence-corrected chi connectivity index (χ1v) is 14.6. The lowest BCUT2D eigenvalue weighted by molar-refractivity contribution is -0.0304. The summed E-state index contributed by atoms with van der Waals surface area (Å²) in [5.41, 5.74) is 4.15. The van der Waals surface area contributed by atoms with E-state index in [9.17, 15) is 8.78 Å². The van der Waals surface area contributed by atoms with Crippen LogP contribution in [0.25, 0.3) is 10.6 Å². The Labute approximate surface area is 239 Å². The van der Waals surface area contributed by atoms with Crippen LogP contribution >= 0.6 is 11.3 Å². The standard InChI is InChI=1S/C33H36F3N3S/c1-32(2,3)30(37-17-16-33(4,36)39-20-23-12-8-9-13-24(23)21-39)29-28(18-22-10-6-5-7-11-22)40-31(38-29)26-19-25(34)14-15-27(26)35/h5-15,19,30,37H,16-18,20-21H2,1-4H3/t30?,33-/m1/s1. The van der Waals surface area contributed by atoms with Crippen molar-refractivity contribution in [1.29, 1.82) is 0 Å². The highest BCUT2D eigenvalue weighted by Gasteiger charge is 2.37. The number of rotatable bonds is 9. The second-order valence-corrected chi connectivity index (χ2v) is 13.0. The Kier molecular flexibility index (Phi) is 8.18. The molecule has 1 aromatic heterocycles.